The Balaban J connectivity index is 0.00000338. The summed E-state index contributed by atoms with van der Waals surface area (Å²) in [6.07, 6.45) is 2.96. The van der Waals surface area contributed by atoms with Crippen LogP contribution in [0.3, 0.4) is 0 Å². The number of hydrogen-bond acceptors (Lipinski definition) is 4. The standard InChI is InChI=1S/C19H29N5S.HI/c1-15(24(4)14-17-8-6-5-7-9-17)10-11-21-19(20-3)23-13-18-22-12-16(2)25-18;/h5-9,12,15H,10-11,13-14H2,1-4H3,(H2,20,21,23);1H. The zero-order valence-electron chi connectivity index (χ0n) is 16.0. The first-order chi connectivity index (χ1) is 12.1. The Morgan fingerprint density at radius 3 is 2.62 bits per heavy atom. The average Bonchev–Trinajstić information content (AvgIpc) is 3.04. The van der Waals surface area contributed by atoms with E-state index in [2.05, 4.69) is 76.7 Å². The fourth-order valence-corrected chi connectivity index (χ4v) is 3.24. The van der Waals surface area contributed by atoms with Gasteiger partial charge in [-0.3, -0.25) is 9.89 Å². The molecule has 0 bridgehead atoms. The molecule has 2 aromatic rings. The van der Waals surface area contributed by atoms with Crippen LogP contribution < -0.4 is 10.6 Å². The van der Waals surface area contributed by atoms with E-state index in [1.165, 1.54) is 10.4 Å². The van der Waals surface area contributed by atoms with E-state index in [1.54, 1.807) is 18.4 Å². The van der Waals surface area contributed by atoms with Crippen LogP contribution in [0.5, 0.6) is 0 Å². The second-order valence-electron chi connectivity index (χ2n) is 6.26. The maximum Gasteiger partial charge on any atom is 0.191 e. The first kappa shape index (κ1) is 22.9. The first-order valence-corrected chi connectivity index (χ1v) is 9.50. The van der Waals surface area contributed by atoms with Crippen molar-refractivity contribution in [2.75, 3.05) is 20.6 Å². The van der Waals surface area contributed by atoms with Gasteiger partial charge in [0.25, 0.3) is 0 Å². The third kappa shape index (κ3) is 8.01. The minimum atomic E-state index is 0. The van der Waals surface area contributed by atoms with Crippen LogP contribution in [0.15, 0.2) is 41.5 Å². The van der Waals surface area contributed by atoms with E-state index >= 15 is 0 Å². The quantitative estimate of drug-likeness (QED) is 0.339. The zero-order chi connectivity index (χ0) is 18.1. The fourth-order valence-electron chi connectivity index (χ4n) is 2.51. The highest BCUT2D eigenvalue weighted by atomic mass is 127. The smallest absolute Gasteiger partial charge is 0.191 e. The molecule has 26 heavy (non-hydrogen) atoms. The lowest BCUT2D eigenvalue weighted by Crippen LogP contribution is -2.39. The molecular formula is C19H30IN5S. The molecule has 0 aliphatic rings. The number of rotatable bonds is 8. The highest BCUT2D eigenvalue weighted by molar-refractivity contribution is 14.0. The van der Waals surface area contributed by atoms with Gasteiger partial charge in [0, 0.05) is 37.3 Å². The monoisotopic (exact) mass is 487 g/mol. The SMILES string of the molecule is CN=C(NCCC(C)N(C)Cc1ccccc1)NCc1ncc(C)s1.I. The van der Waals surface area contributed by atoms with Gasteiger partial charge in [0.05, 0.1) is 6.54 Å². The van der Waals surface area contributed by atoms with Crippen molar-refractivity contribution in [1.82, 2.24) is 20.5 Å². The van der Waals surface area contributed by atoms with E-state index in [-0.39, 0.29) is 24.0 Å². The molecule has 1 aromatic heterocycles. The van der Waals surface area contributed by atoms with Crippen LogP contribution in [0, 0.1) is 6.92 Å². The topological polar surface area (TPSA) is 52.6 Å². The lowest BCUT2D eigenvalue weighted by atomic mass is 10.1. The number of aromatic nitrogens is 1. The Hall–Kier alpha value is -1.19. The van der Waals surface area contributed by atoms with Crippen LogP contribution in [0.4, 0.5) is 0 Å². The van der Waals surface area contributed by atoms with Crippen molar-refractivity contribution in [3.63, 3.8) is 0 Å². The van der Waals surface area contributed by atoms with Crippen LogP contribution >= 0.6 is 35.3 Å². The molecule has 0 saturated heterocycles. The van der Waals surface area contributed by atoms with E-state index < -0.39 is 0 Å². The number of nitrogens with zero attached hydrogens (tertiary/aromatic N) is 3. The summed E-state index contributed by atoms with van der Waals surface area (Å²) in [4.78, 5) is 12.2. The van der Waals surface area contributed by atoms with E-state index in [4.69, 9.17) is 0 Å². The largest absolute Gasteiger partial charge is 0.356 e. The Morgan fingerprint density at radius 2 is 2.00 bits per heavy atom. The summed E-state index contributed by atoms with van der Waals surface area (Å²) in [5, 5.41) is 7.78. The summed E-state index contributed by atoms with van der Waals surface area (Å²) in [5.74, 6) is 0.825. The summed E-state index contributed by atoms with van der Waals surface area (Å²) < 4.78 is 0. The molecule has 144 valence electrons. The normalized spacial score (nSPS) is 12.6. The highest BCUT2D eigenvalue weighted by Gasteiger charge is 2.10. The van der Waals surface area contributed by atoms with Crippen LogP contribution in [0.25, 0.3) is 0 Å². The van der Waals surface area contributed by atoms with Gasteiger partial charge in [-0.15, -0.1) is 35.3 Å². The first-order valence-electron chi connectivity index (χ1n) is 8.68. The number of thiazole rings is 1. The van der Waals surface area contributed by atoms with Gasteiger partial charge < -0.3 is 10.6 Å². The number of aryl methyl sites for hydroxylation is 1. The minimum Gasteiger partial charge on any atom is -0.356 e. The van der Waals surface area contributed by atoms with Crippen molar-refractivity contribution in [1.29, 1.82) is 0 Å². The molecule has 2 rings (SSSR count). The second-order valence-corrected chi connectivity index (χ2v) is 7.57. The molecule has 0 amide bonds. The molecular weight excluding hydrogens is 457 g/mol. The molecule has 0 fully saturated rings. The summed E-state index contributed by atoms with van der Waals surface area (Å²) in [5.41, 5.74) is 1.35. The van der Waals surface area contributed by atoms with Crippen molar-refractivity contribution >= 4 is 41.3 Å². The maximum absolute atomic E-state index is 4.36. The molecule has 7 heteroatoms. The predicted octanol–water partition coefficient (Wildman–Crippen LogP) is 3.65. The zero-order valence-corrected chi connectivity index (χ0v) is 19.2. The molecule has 2 N–H and O–H groups in total. The highest BCUT2D eigenvalue weighted by Crippen LogP contribution is 2.10. The van der Waals surface area contributed by atoms with Gasteiger partial charge in [-0.1, -0.05) is 30.3 Å². The van der Waals surface area contributed by atoms with Crippen molar-refractivity contribution < 1.29 is 0 Å². The minimum absolute atomic E-state index is 0. The van der Waals surface area contributed by atoms with Gasteiger partial charge in [-0.05, 0) is 32.9 Å². The molecule has 0 spiro atoms. The maximum atomic E-state index is 4.36. The van der Waals surface area contributed by atoms with Gasteiger partial charge in [-0.25, -0.2) is 4.98 Å². The van der Waals surface area contributed by atoms with Crippen molar-refractivity contribution in [3.05, 3.63) is 52.0 Å². The van der Waals surface area contributed by atoms with E-state index in [9.17, 15) is 0 Å². The van der Waals surface area contributed by atoms with Gasteiger partial charge in [-0.2, -0.15) is 0 Å². The number of hydrogen-bond donors (Lipinski definition) is 2. The number of halogens is 1. The van der Waals surface area contributed by atoms with Crippen molar-refractivity contribution in [2.24, 2.45) is 4.99 Å². The fraction of sp³-hybridized carbons (Fsp3) is 0.474. The predicted molar refractivity (Wildman–Crippen MR) is 122 cm³/mol. The van der Waals surface area contributed by atoms with Gasteiger partial charge in [0.15, 0.2) is 5.96 Å². The summed E-state index contributed by atoms with van der Waals surface area (Å²) >= 11 is 1.71. The lowest BCUT2D eigenvalue weighted by Gasteiger charge is -2.25. The van der Waals surface area contributed by atoms with Crippen LogP contribution in [0.1, 0.15) is 28.8 Å². The second kappa shape index (κ2) is 12.2. The number of nitrogens with one attached hydrogen (secondary N) is 2. The molecule has 1 aromatic carbocycles. The number of aliphatic imine (C=N–C) groups is 1. The Morgan fingerprint density at radius 1 is 1.27 bits per heavy atom. The molecule has 0 aliphatic carbocycles. The Kier molecular flexibility index (Phi) is 10.8. The molecule has 1 heterocycles. The van der Waals surface area contributed by atoms with Crippen LogP contribution in [0.2, 0.25) is 0 Å². The van der Waals surface area contributed by atoms with Crippen LogP contribution in [-0.2, 0) is 13.1 Å². The van der Waals surface area contributed by atoms with Gasteiger partial charge in [0.2, 0.25) is 0 Å². The Labute approximate surface area is 178 Å². The van der Waals surface area contributed by atoms with E-state index in [1.807, 2.05) is 6.20 Å². The van der Waals surface area contributed by atoms with E-state index in [0.29, 0.717) is 12.6 Å². The van der Waals surface area contributed by atoms with E-state index in [0.717, 1.165) is 30.5 Å². The lowest BCUT2D eigenvalue weighted by molar-refractivity contribution is 0.238. The van der Waals surface area contributed by atoms with Crippen LogP contribution in [-0.4, -0.2) is 42.5 Å². The summed E-state index contributed by atoms with van der Waals surface area (Å²) in [6.45, 7) is 6.90. The summed E-state index contributed by atoms with van der Waals surface area (Å²) in [7, 11) is 3.98. The molecule has 1 atom stereocenters. The molecule has 0 aliphatic heterocycles. The average molecular weight is 487 g/mol. The van der Waals surface area contributed by atoms with Gasteiger partial charge in [0.1, 0.15) is 5.01 Å². The molecule has 0 saturated carbocycles. The van der Waals surface area contributed by atoms with Crippen molar-refractivity contribution in [3.8, 4) is 0 Å². The summed E-state index contributed by atoms with van der Waals surface area (Å²) in [6, 6.07) is 11.1. The number of benzene rings is 1. The van der Waals surface area contributed by atoms with Gasteiger partial charge >= 0.3 is 0 Å². The molecule has 0 radical (unpaired) electrons. The Bertz CT molecular complexity index is 659. The van der Waals surface area contributed by atoms with Crippen molar-refractivity contribution in [2.45, 2.75) is 39.4 Å². The molecule has 5 nitrogen and oxygen atoms in total. The third-order valence-electron chi connectivity index (χ3n) is 4.18. The third-order valence-corrected chi connectivity index (χ3v) is 5.09. The number of guanidine groups is 1. The molecule has 1 unspecified atom stereocenters.